The smallest absolute Gasteiger partial charge is 0.189 e. The maximum absolute atomic E-state index is 13.1. The van der Waals surface area contributed by atoms with Crippen LogP contribution in [0.1, 0.15) is 40.9 Å². The number of allylic oxidation sites excluding steroid dienone is 3. The molecule has 0 amide bonds. The molecule has 0 aliphatic heterocycles. The molecule has 3 aromatic carbocycles. The van der Waals surface area contributed by atoms with Gasteiger partial charge in [-0.15, -0.1) is 0 Å². The van der Waals surface area contributed by atoms with Crippen LogP contribution >= 0.6 is 0 Å². The van der Waals surface area contributed by atoms with E-state index in [1.54, 1.807) is 43.5 Å². The van der Waals surface area contributed by atoms with Crippen LogP contribution < -0.4 is 9.47 Å². The third-order valence-corrected chi connectivity index (χ3v) is 4.96. The third-order valence-electron chi connectivity index (χ3n) is 4.96. The van der Waals surface area contributed by atoms with Crippen molar-refractivity contribution in [3.05, 3.63) is 107 Å². The van der Waals surface area contributed by atoms with Gasteiger partial charge < -0.3 is 14.6 Å². The van der Waals surface area contributed by atoms with Gasteiger partial charge in [0, 0.05) is 5.56 Å². The lowest BCUT2D eigenvalue weighted by Crippen LogP contribution is -2.07. The van der Waals surface area contributed by atoms with Crippen molar-refractivity contribution >= 4 is 11.9 Å². The average molecular weight is 429 g/mol. The summed E-state index contributed by atoms with van der Waals surface area (Å²) < 4.78 is 11.8. The molecular weight excluding hydrogens is 400 g/mol. The zero-order valence-electron chi connectivity index (χ0n) is 18.7. The molecule has 0 aliphatic carbocycles. The molecule has 4 heteroatoms. The Morgan fingerprint density at radius 3 is 2.34 bits per heavy atom. The zero-order valence-corrected chi connectivity index (χ0v) is 18.7. The van der Waals surface area contributed by atoms with Gasteiger partial charge in [-0.05, 0) is 61.7 Å². The van der Waals surface area contributed by atoms with E-state index >= 15 is 0 Å². The van der Waals surface area contributed by atoms with Gasteiger partial charge in [0.15, 0.2) is 5.78 Å². The molecule has 0 bridgehead atoms. The molecule has 0 heterocycles. The van der Waals surface area contributed by atoms with Crippen LogP contribution in [0.5, 0.6) is 17.2 Å². The van der Waals surface area contributed by atoms with Gasteiger partial charge in [0.25, 0.3) is 0 Å². The van der Waals surface area contributed by atoms with Crippen molar-refractivity contribution in [3.63, 3.8) is 0 Å². The number of hydrogen-bond acceptors (Lipinski definition) is 4. The Hall–Kier alpha value is -3.79. The van der Waals surface area contributed by atoms with Crippen LogP contribution in [0.3, 0.4) is 0 Å². The second kappa shape index (κ2) is 11.0. The van der Waals surface area contributed by atoms with E-state index in [9.17, 15) is 9.90 Å². The van der Waals surface area contributed by atoms with Gasteiger partial charge in [-0.1, -0.05) is 60.2 Å². The van der Waals surface area contributed by atoms with Gasteiger partial charge in [-0.3, -0.25) is 4.79 Å². The van der Waals surface area contributed by atoms with E-state index < -0.39 is 0 Å². The summed E-state index contributed by atoms with van der Waals surface area (Å²) in [5.41, 5.74) is 4.33. The van der Waals surface area contributed by atoms with E-state index in [1.807, 2.05) is 50.2 Å². The first-order chi connectivity index (χ1) is 15.5. The molecule has 32 heavy (non-hydrogen) atoms. The fourth-order valence-corrected chi connectivity index (χ4v) is 3.24. The highest BCUT2D eigenvalue weighted by Gasteiger charge is 2.19. The molecule has 164 valence electrons. The molecule has 0 saturated heterocycles. The fourth-order valence-electron chi connectivity index (χ4n) is 3.24. The van der Waals surface area contributed by atoms with Crippen LogP contribution in [0.15, 0.2) is 84.5 Å². The van der Waals surface area contributed by atoms with E-state index in [2.05, 4.69) is 6.08 Å². The van der Waals surface area contributed by atoms with Crippen molar-refractivity contribution in [3.8, 4) is 17.2 Å². The predicted molar refractivity (Wildman–Crippen MR) is 128 cm³/mol. The molecule has 0 spiro atoms. The van der Waals surface area contributed by atoms with Crippen molar-refractivity contribution in [1.82, 2.24) is 0 Å². The molecule has 4 nitrogen and oxygen atoms in total. The minimum absolute atomic E-state index is 0.165. The number of carbonyl (C=O) groups excluding carboxylic acids is 1. The highest BCUT2D eigenvalue weighted by atomic mass is 16.5. The third kappa shape index (κ3) is 6.11. The van der Waals surface area contributed by atoms with Crippen molar-refractivity contribution in [2.24, 2.45) is 0 Å². The summed E-state index contributed by atoms with van der Waals surface area (Å²) in [6.45, 7) is 4.41. The van der Waals surface area contributed by atoms with Crippen LogP contribution in [-0.2, 0) is 13.0 Å². The number of methoxy groups -OCH3 is 1. The SMILES string of the molecule is COc1ccc(C(=O)/C=C/c2ccc(O)cc2)c(OCc2ccccc2)c1CC=C(C)C. The van der Waals surface area contributed by atoms with Crippen molar-refractivity contribution in [2.75, 3.05) is 7.11 Å². The minimum atomic E-state index is -0.165. The molecule has 0 aromatic heterocycles. The van der Waals surface area contributed by atoms with E-state index in [-0.39, 0.29) is 11.5 Å². The van der Waals surface area contributed by atoms with E-state index in [4.69, 9.17) is 9.47 Å². The van der Waals surface area contributed by atoms with Gasteiger partial charge in [0.1, 0.15) is 23.9 Å². The highest BCUT2D eigenvalue weighted by molar-refractivity contribution is 6.09. The summed E-state index contributed by atoms with van der Waals surface area (Å²) in [4.78, 5) is 13.1. The fraction of sp³-hybridized carbons (Fsp3) is 0.179. The van der Waals surface area contributed by atoms with Gasteiger partial charge in [-0.25, -0.2) is 0 Å². The Morgan fingerprint density at radius 1 is 0.969 bits per heavy atom. The number of phenolic OH excluding ortho intramolecular Hbond substituents is 1. The number of carbonyl (C=O) groups is 1. The lowest BCUT2D eigenvalue weighted by molar-refractivity contribution is 0.104. The van der Waals surface area contributed by atoms with Crippen LogP contribution in [0.4, 0.5) is 0 Å². The number of ether oxygens (including phenoxy) is 2. The van der Waals surface area contributed by atoms with Crippen LogP contribution in [0, 0.1) is 0 Å². The first-order valence-corrected chi connectivity index (χ1v) is 10.5. The molecule has 3 rings (SSSR count). The summed E-state index contributed by atoms with van der Waals surface area (Å²) in [6, 6.07) is 20.1. The predicted octanol–water partition coefficient (Wildman–Crippen LogP) is 6.38. The normalized spacial score (nSPS) is 10.7. The molecule has 0 fully saturated rings. The zero-order chi connectivity index (χ0) is 22.9. The number of rotatable bonds is 9. The van der Waals surface area contributed by atoms with Crippen molar-refractivity contribution in [2.45, 2.75) is 26.9 Å². The van der Waals surface area contributed by atoms with Crippen LogP contribution in [0.25, 0.3) is 6.08 Å². The molecular formula is C28H28O4. The molecule has 0 saturated carbocycles. The van der Waals surface area contributed by atoms with Crippen LogP contribution in [-0.4, -0.2) is 18.0 Å². The lowest BCUT2D eigenvalue weighted by atomic mass is 10.00. The topological polar surface area (TPSA) is 55.8 Å². The molecule has 0 unspecified atom stereocenters. The Bertz CT molecular complexity index is 1110. The minimum Gasteiger partial charge on any atom is -0.508 e. The van der Waals surface area contributed by atoms with E-state index in [0.29, 0.717) is 30.1 Å². The van der Waals surface area contributed by atoms with Gasteiger partial charge in [-0.2, -0.15) is 0 Å². The van der Waals surface area contributed by atoms with Crippen LogP contribution in [0.2, 0.25) is 0 Å². The van der Waals surface area contributed by atoms with E-state index in [0.717, 1.165) is 16.7 Å². The standard InChI is InChI=1S/C28H28O4/c1-20(2)9-15-25-27(31-3)18-16-24(28(25)32-19-22-7-5-4-6-8-22)26(30)17-12-21-10-13-23(29)14-11-21/h4-14,16-18,29H,15,19H2,1-3H3/b17-12+. The average Bonchev–Trinajstić information content (AvgIpc) is 2.81. The van der Waals surface area contributed by atoms with Crippen molar-refractivity contribution < 1.29 is 19.4 Å². The molecule has 0 aliphatic rings. The second-order valence-corrected chi connectivity index (χ2v) is 7.67. The maximum Gasteiger partial charge on any atom is 0.189 e. The summed E-state index contributed by atoms with van der Waals surface area (Å²) in [5, 5.41) is 9.45. The first-order valence-electron chi connectivity index (χ1n) is 10.5. The largest absolute Gasteiger partial charge is 0.508 e. The maximum atomic E-state index is 13.1. The Labute approximate surface area is 189 Å². The molecule has 0 atom stereocenters. The molecule has 3 aromatic rings. The second-order valence-electron chi connectivity index (χ2n) is 7.67. The highest BCUT2D eigenvalue weighted by Crippen LogP contribution is 2.34. The van der Waals surface area contributed by atoms with Gasteiger partial charge in [0.2, 0.25) is 0 Å². The Morgan fingerprint density at radius 2 is 1.69 bits per heavy atom. The summed E-state index contributed by atoms with van der Waals surface area (Å²) in [5.74, 6) is 1.24. The number of hydrogen-bond donors (Lipinski definition) is 1. The molecule has 0 radical (unpaired) electrons. The number of phenols is 1. The summed E-state index contributed by atoms with van der Waals surface area (Å²) in [7, 11) is 1.62. The number of aromatic hydroxyl groups is 1. The summed E-state index contributed by atoms with van der Waals surface area (Å²) in [6.07, 6.45) is 5.93. The lowest BCUT2D eigenvalue weighted by Gasteiger charge is -2.17. The van der Waals surface area contributed by atoms with Gasteiger partial charge in [0.05, 0.1) is 12.7 Å². The number of benzene rings is 3. The first kappa shape index (κ1) is 22.9. The van der Waals surface area contributed by atoms with E-state index in [1.165, 1.54) is 11.6 Å². The monoisotopic (exact) mass is 428 g/mol. The quantitative estimate of drug-likeness (QED) is 0.244. The Balaban J connectivity index is 1.98. The number of ketones is 1. The summed E-state index contributed by atoms with van der Waals surface area (Å²) >= 11 is 0. The molecule has 1 N–H and O–H groups in total. The van der Waals surface area contributed by atoms with Gasteiger partial charge >= 0.3 is 0 Å². The van der Waals surface area contributed by atoms with Crippen molar-refractivity contribution in [1.29, 1.82) is 0 Å². The Kier molecular flexibility index (Phi) is 7.87.